The number of rotatable bonds is 6. The Morgan fingerprint density at radius 3 is 2.52 bits per heavy atom. The zero-order valence-corrected chi connectivity index (χ0v) is 16.2. The van der Waals surface area contributed by atoms with Gasteiger partial charge in [0, 0.05) is 19.2 Å². The molecule has 0 spiro atoms. The number of nitrogens with zero attached hydrogens (tertiary/aromatic N) is 1. The Balaban J connectivity index is 1.41. The van der Waals surface area contributed by atoms with E-state index in [2.05, 4.69) is 0 Å². The van der Waals surface area contributed by atoms with Crippen LogP contribution >= 0.6 is 0 Å². The fourth-order valence-electron chi connectivity index (χ4n) is 3.28. The van der Waals surface area contributed by atoms with Crippen LogP contribution in [0.15, 0.2) is 42.5 Å². The summed E-state index contributed by atoms with van der Waals surface area (Å²) >= 11 is 0. The Bertz CT molecular complexity index is 879. The number of hydrogen-bond acceptors (Lipinski definition) is 4. The highest BCUT2D eigenvalue weighted by Crippen LogP contribution is 2.21. The smallest absolute Gasteiger partial charge is 0.309 e. The van der Waals surface area contributed by atoms with Crippen molar-refractivity contribution in [3.8, 4) is 5.75 Å². The van der Waals surface area contributed by atoms with E-state index in [-0.39, 0.29) is 30.7 Å². The van der Waals surface area contributed by atoms with Gasteiger partial charge >= 0.3 is 5.97 Å². The van der Waals surface area contributed by atoms with Gasteiger partial charge in [0.15, 0.2) is 0 Å². The lowest BCUT2D eigenvalue weighted by Gasteiger charge is -2.31. The number of aryl methyl sites for hydroxylation is 1. The average molecular weight is 403 g/mol. The Morgan fingerprint density at radius 1 is 1.07 bits per heavy atom. The molecule has 1 heterocycles. The standard InChI is InChI=1S/C22H23F2NO4/c1-15-3-2-4-18(13-15)28-11-12-29-22(27)16-7-9-25(10-8-16)21(26)19-6-5-17(23)14-20(19)24/h2-6,13-14,16H,7-12H2,1H3. The van der Waals surface area contributed by atoms with E-state index in [0.717, 1.165) is 23.4 Å². The lowest BCUT2D eigenvalue weighted by atomic mass is 9.96. The fraction of sp³-hybridized carbons (Fsp3) is 0.364. The maximum atomic E-state index is 13.8. The van der Waals surface area contributed by atoms with Crippen LogP contribution in [-0.4, -0.2) is 43.1 Å². The molecule has 154 valence electrons. The van der Waals surface area contributed by atoms with Gasteiger partial charge in [-0.15, -0.1) is 0 Å². The summed E-state index contributed by atoms with van der Waals surface area (Å²) in [5, 5.41) is 0. The van der Waals surface area contributed by atoms with E-state index in [1.807, 2.05) is 31.2 Å². The van der Waals surface area contributed by atoms with Crippen LogP contribution in [0.1, 0.15) is 28.8 Å². The molecule has 0 aromatic heterocycles. The number of ether oxygens (including phenoxy) is 2. The van der Waals surface area contributed by atoms with Crippen LogP contribution in [0.5, 0.6) is 5.75 Å². The third-order valence-electron chi connectivity index (χ3n) is 4.86. The molecule has 1 amide bonds. The van der Waals surface area contributed by atoms with Crippen LogP contribution in [-0.2, 0) is 9.53 Å². The molecular weight excluding hydrogens is 380 g/mol. The number of benzene rings is 2. The summed E-state index contributed by atoms with van der Waals surface area (Å²) in [7, 11) is 0. The van der Waals surface area contributed by atoms with Gasteiger partial charge in [-0.2, -0.15) is 0 Å². The van der Waals surface area contributed by atoms with E-state index >= 15 is 0 Å². The van der Waals surface area contributed by atoms with Crippen molar-refractivity contribution in [2.45, 2.75) is 19.8 Å². The minimum absolute atomic E-state index is 0.146. The Kier molecular flexibility index (Phi) is 6.80. The van der Waals surface area contributed by atoms with Crippen molar-refractivity contribution in [3.63, 3.8) is 0 Å². The molecule has 1 aliphatic rings. The van der Waals surface area contributed by atoms with Crippen LogP contribution < -0.4 is 4.74 Å². The molecule has 2 aromatic carbocycles. The zero-order chi connectivity index (χ0) is 20.8. The molecule has 0 unspecified atom stereocenters. The number of halogens is 2. The molecule has 0 aliphatic carbocycles. The van der Waals surface area contributed by atoms with E-state index in [9.17, 15) is 18.4 Å². The van der Waals surface area contributed by atoms with E-state index in [1.54, 1.807) is 0 Å². The number of esters is 1. The maximum absolute atomic E-state index is 13.8. The minimum Gasteiger partial charge on any atom is -0.490 e. The third-order valence-corrected chi connectivity index (χ3v) is 4.86. The van der Waals surface area contributed by atoms with Crippen molar-refractivity contribution in [2.75, 3.05) is 26.3 Å². The summed E-state index contributed by atoms with van der Waals surface area (Å²) in [5.41, 5.74) is 0.919. The molecule has 2 aromatic rings. The maximum Gasteiger partial charge on any atom is 0.309 e. The van der Waals surface area contributed by atoms with Gasteiger partial charge in [-0.05, 0) is 49.6 Å². The van der Waals surface area contributed by atoms with Crippen LogP contribution in [0.25, 0.3) is 0 Å². The highest BCUT2D eigenvalue weighted by atomic mass is 19.1. The zero-order valence-electron chi connectivity index (χ0n) is 16.2. The molecule has 0 bridgehead atoms. The van der Waals surface area contributed by atoms with E-state index in [0.29, 0.717) is 32.0 Å². The molecule has 0 radical (unpaired) electrons. The van der Waals surface area contributed by atoms with Crippen molar-refractivity contribution >= 4 is 11.9 Å². The molecule has 5 nitrogen and oxygen atoms in total. The van der Waals surface area contributed by atoms with Crippen molar-refractivity contribution in [1.82, 2.24) is 4.90 Å². The summed E-state index contributed by atoms with van der Waals surface area (Å²) in [6.07, 6.45) is 0.873. The van der Waals surface area contributed by atoms with Crippen LogP contribution in [0, 0.1) is 24.5 Å². The number of carbonyl (C=O) groups excluding carboxylic acids is 2. The largest absolute Gasteiger partial charge is 0.490 e. The molecule has 1 aliphatic heterocycles. The third kappa shape index (κ3) is 5.53. The van der Waals surface area contributed by atoms with Gasteiger partial charge in [0.2, 0.25) is 0 Å². The van der Waals surface area contributed by atoms with Crippen molar-refractivity contribution in [1.29, 1.82) is 0 Å². The Morgan fingerprint density at radius 2 is 1.83 bits per heavy atom. The fourth-order valence-corrected chi connectivity index (χ4v) is 3.28. The second kappa shape index (κ2) is 9.49. The molecule has 1 saturated heterocycles. The molecule has 0 N–H and O–H groups in total. The molecule has 0 atom stereocenters. The van der Waals surface area contributed by atoms with Gasteiger partial charge < -0.3 is 14.4 Å². The number of hydrogen-bond donors (Lipinski definition) is 0. The summed E-state index contributed by atoms with van der Waals surface area (Å²) in [6.45, 7) is 3.00. The van der Waals surface area contributed by atoms with Gasteiger partial charge in [0.25, 0.3) is 5.91 Å². The first-order chi connectivity index (χ1) is 13.9. The summed E-state index contributed by atoms with van der Waals surface area (Å²) in [6, 6.07) is 10.5. The highest BCUT2D eigenvalue weighted by Gasteiger charge is 2.29. The molecule has 1 fully saturated rings. The van der Waals surface area contributed by atoms with Crippen molar-refractivity contribution in [3.05, 3.63) is 65.2 Å². The second-order valence-electron chi connectivity index (χ2n) is 7.02. The van der Waals surface area contributed by atoms with E-state index in [4.69, 9.17) is 9.47 Å². The van der Waals surface area contributed by atoms with Crippen molar-refractivity contribution in [2.24, 2.45) is 5.92 Å². The minimum atomic E-state index is -0.884. The van der Waals surface area contributed by atoms with Crippen molar-refractivity contribution < 1.29 is 27.8 Å². The topological polar surface area (TPSA) is 55.8 Å². The molecule has 7 heteroatoms. The second-order valence-corrected chi connectivity index (χ2v) is 7.02. The van der Waals surface area contributed by atoms with E-state index < -0.39 is 17.5 Å². The average Bonchev–Trinajstić information content (AvgIpc) is 2.71. The first-order valence-electron chi connectivity index (χ1n) is 9.54. The molecule has 0 saturated carbocycles. The lowest BCUT2D eigenvalue weighted by Crippen LogP contribution is -2.41. The number of likely N-dealkylation sites (tertiary alicyclic amines) is 1. The predicted octanol–water partition coefficient (Wildman–Crippen LogP) is 3.75. The van der Waals surface area contributed by atoms with Gasteiger partial charge in [0.05, 0.1) is 11.5 Å². The Hall–Kier alpha value is -2.96. The normalized spacial score (nSPS) is 14.5. The van der Waals surface area contributed by atoms with Gasteiger partial charge in [0.1, 0.15) is 30.6 Å². The molecule has 29 heavy (non-hydrogen) atoms. The highest BCUT2D eigenvalue weighted by molar-refractivity contribution is 5.94. The van der Waals surface area contributed by atoms with Crippen LogP contribution in [0.4, 0.5) is 8.78 Å². The van der Waals surface area contributed by atoms with Crippen LogP contribution in [0.3, 0.4) is 0 Å². The van der Waals surface area contributed by atoms with Crippen LogP contribution in [0.2, 0.25) is 0 Å². The van der Waals surface area contributed by atoms with E-state index in [1.165, 1.54) is 4.90 Å². The summed E-state index contributed by atoms with van der Waals surface area (Å²) in [4.78, 5) is 26.1. The molecular formula is C22H23F2NO4. The SMILES string of the molecule is Cc1cccc(OCCOC(=O)C2CCN(C(=O)c3ccc(F)cc3F)CC2)c1. The first kappa shape index (κ1) is 20.8. The van der Waals surface area contributed by atoms with Gasteiger partial charge in [-0.25, -0.2) is 8.78 Å². The number of piperidine rings is 1. The quantitative estimate of drug-likeness (QED) is 0.545. The first-order valence-corrected chi connectivity index (χ1v) is 9.54. The lowest BCUT2D eigenvalue weighted by molar-refractivity contribution is -0.150. The monoisotopic (exact) mass is 403 g/mol. The number of amides is 1. The van der Waals surface area contributed by atoms with Gasteiger partial charge in [-0.3, -0.25) is 9.59 Å². The summed E-state index contributed by atoms with van der Waals surface area (Å²) in [5.74, 6) is -2.02. The van der Waals surface area contributed by atoms with Gasteiger partial charge in [-0.1, -0.05) is 12.1 Å². The predicted molar refractivity (Wildman–Crippen MR) is 103 cm³/mol. The molecule has 3 rings (SSSR count). The number of carbonyl (C=O) groups is 2. The summed E-state index contributed by atoms with van der Waals surface area (Å²) < 4.78 is 37.6. The Labute approximate surface area is 168 Å².